The first-order chi connectivity index (χ1) is 9.18. The molecule has 0 amide bonds. The van der Waals surface area contributed by atoms with Crippen molar-refractivity contribution in [2.45, 2.75) is 6.92 Å². The summed E-state index contributed by atoms with van der Waals surface area (Å²) in [4.78, 5) is 0. The third kappa shape index (κ3) is 3.79. The summed E-state index contributed by atoms with van der Waals surface area (Å²) >= 11 is 12.1. The van der Waals surface area contributed by atoms with Gasteiger partial charge in [-0.05, 0) is 36.8 Å². The number of hydrogen-bond donors (Lipinski definition) is 2. The molecule has 0 saturated heterocycles. The van der Waals surface area contributed by atoms with Crippen LogP contribution in [0.3, 0.4) is 0 Å². The minimum Gasteiger partial charge on any atom is -0.383 e. The lowest BCUT2D eigenvalue weighted by molar-refractivity contribution is 1.07. The average Bonchev–Trinajstić information content (AvgIpc) is 2.41. The Kier molecular flexibility index (Phi) is 4.94. The molecule has 0 aliphatic carbocycles. The van der Waals surface area contributed by atoms with E-state index < -0.39 is 0 Å². The van der Waals surface area contributed by atoms with Crippen LogP contribution < -0.4 is 10.6 Å². The van der Waals surface area contributed by atoms with Crippen LogP contribution in [0.15, 0.2) is 42.5 Å². The summed E-state index contributed by atoms with van der Waals surface area (Å²) in [6.45, 7) is 3.59. The Morgan fingerprint density at radius 2 is 1.37 bits per heavy atom. The van der Waals surface area contributed by atoms with E-state index in [1.54, 1.807) is 0 Å². The summed E-state index contributed by atoms with van der Waals surface area (Å²) < 4.78 is 0. The lowest BCUT2D eigenvalue weighted by atomic mass is 10.2. The average molecular weight is 295 g/mol. The standard InChI is InChI=1S/C15H16Cl2N2/c1-11-12(16)6-4-8-14(11)18-9-10-19-15-7-3-2-5-13(15)17/h2-8,18-19H,9-10H2,1H3. The number of nitrogens with one attached hydrogen (secondary N) is 2. The summed E-state index contributed by atoms with van der Waals surface area (Å²) in [6, 6.07) is 13.6. The van der Waals surface area contributed by atoms with Gasteiger partial charge in [0.15, 0.2) is 0 Å². The molecule has 0 heterocycles. The molecule has 100 valence electrons. The maximum absolute atomic E-state index is 6.07. The van der Waals surface area contributed by atoms with Gasteiger partial charge < -0.3 is 10.6 Å². The van der Waals surface area contributed by atoms with E-state index in [1.165, 1.54) is 0 Å². The lowest BCUT2D eigenvalue weighted by Gasteiger charge is -2.12. The van der Waals surface area contributed by atoms with Crippen LogP contribution in [-0.2, 0) is 0 Å². The highest BCUT2D eigenvalue weighted by Crippen LogP contribution is 2.23. The minimum atomic E-state index is 0.737. The van der Waals surface area contributed by atoms with Crippen molar-refractivity contribution in [3.05, 3.63) is 58.1 Å². The molecule has 0 unspecified atom stereocenters. The van der Waals surface area contributed by atoms with Crippen LogP contribution in [0.25, 0.3) is 0 Å². The SMILES string of the molecule is Cc1c(Cl)cccc1NCCNc1ccccc1Cl. The zero-order valence-electron chi connectivity index (χ0n) is 10.7. The van der Waals surface area contributed by atoms with Crippen molar-refractivity contribution in [3.63, 3.8) is 0 Å². The fourth-order valence-corrected chi connectivity index (χ4v) is 2.17. The third-order valence-corrected chi connectivity index (χ3v) is 3.64. The monoisotopic (exact) mass is 294 g/mol. The van der Waals surface area contributed by atoms with E-state index in [2.05, 4.69) is 10.6 Å². The Labute approximate surface area is 123 Å². The highest BCUT2D eigenvalue weighted by Gasteiger charge is 2.01. The summed E-state index contributed by atoms with van der Waals surface area (Å²) in [5, 5.41) is 8.16. The highest BCUT2D eigenvalue weighted by atomic mass is 35.5. The molecule has 2 rings (SSSR count). The largest absolute Gasteiger partial charge is 0.383 e. The van der Waals surface area contributed by atoms with E-state index in [9.17, 15) is 0 Å². The van der Waals surface area contributed by atoms with Gasteiger partial charge in [-0.3, -0.25) is 0 Å². The highest BCUT2D eigenvalue weighted by molar-refractivity contribution is 6.33. The molecule has 2 N–H and O–H groups in total. The Morgan fingerprint density at radius 3 is 2.11 bits per heavy atom. The molecule has 0 radical (unpaired) electrons. The van der Waals surface area contributed by atoms with Gasteiger partial charge >= 0.3 is 0 Å². The smallest absolute Gasteiger partial charge is 0.0637 e. The molecule has 2 aromatic carbocycles. The van der Waals surface area contributed by atoms with E-state index in [1.807, 2.05) is 49.4 Å². The fourth-order valence-electron chi connectivity index (χ4n) is 1.80. The van der Waals surface area contributed by atoms with Gasteiger partial charge in [0.05, 0.1) is 10.7 Å². The Balaban J connectivity index is 1.84. The molecule has 4 heteroatoms. The second-order valence-electron chi connectivity index (χ2n) is 4.25. The van der Waals surface area contributed by atoms with Crippen molar-refractivity contribution in [2.24, 2.45) is 0 Å². The van der Waals surface area contributed by atoms with Crippen LogP contribution in [-0.4, -0.2) is 13.1 Å². The number of anilines is 2. The van der Waals surface area contributed by atoms with Crippen molar-refractivity contribution in [2.75, 3.05) is 23.7 Å². The quantitative estimate of drug-likeness (QED) is 0.772. The zero-order chi connectivity index (χ0) is 13.7. The van der Waals surface area contributed by atoms with Crippen LogP contribution in [0.2, 0.25) is 10.0 Å². The lowest BCUT2D eigenvalue weighted by Crippen LogP contribution is -2.14. The summed E-state index contributed by atoms with van der Waals surface area (Å²) in [5.41, 5.74) is 3.09. The second-order valence-corrected chi connectivity index (χ2v) is 5.06. The van der Waals surface area contributed by atoms with Gasteiger partial charge in [-0.25, -0.2) is 0 Å². The molecule has 2 nitrogen and oxygen atoms in total. The molecule has 0 aromatic heterocycles. The van der Waals surface area contributed by atoms with Crippen LogP contribution in [0.4, 0.5) is 11.4 Å². The summed E-state index contributed by atoms with van der Waals surface area (Å²) in [7, 11) is 0. The maximum atomic E-state index is 6.07. The van der Waals surface area contributed by atoms with Crippen LogP contribution >= 0.6 is 23.2 Å². The normalized spacial score (nSPS) is 10.3. The first kappa shape index (κ1) is 14.0. The molecule has 0 aliphatic heterocycles. The minimum absolute atomic E-state index is 0.737. The van der Waals surface area contributed by atoms with Crippen molar-refractivity contribution in [1.29, 1.82) is 0 Å². The maximum Gasteiger partial charge on any atom is 0.0637 e. The van der Waals surface area contributed by atoms with Crippen molar-refractivity contribution >= 4 is 34.6 Å². The first-order valence-electron chi connectivity index (χ1n) is 6.16. The van der Waals surface area contributed by atoms with E-state index >= 15 is 0 Å². The van der Waals surface area contributed by atoms with Gasteiger partial charge in [0.25, 0.3) is 0 Å². The van der Waals surface area contributed by atoms with Crippen molar-refractivity contribution < 1.29 is 0 Å². The zero-order valence-corrected chi connectivity index (χ0v) is 12.2. The molecular formula is C15H16Cl2N2. The van der Waals surface area contributed by atoms with Crippen molar-refractivity contribution in [3.8, 4) is 0 Å². The second kappa shape index (κ2) is 6.69. The number of hydrogen-bond acceptors (Lipinski definition) is 2. The number of halogens is 2. The van der Waals surface area contributed by atoms with Gasteiger partial charge in [-0.2, -0.15) is 0 Å². The van der Waals surface area contributed by atoms with E-state index in [0.29, 0.717) is 0 Å². The molecule has 0 aliphatic rings. The topological polar surface area (TPSA) is 24.1 Å². The third-order valence-electron chi connectivity index (χ3n) is 2.90. The van der Waals surface area contributed by atoms with Crippen LogP contribution in [0, 0.1) is 6.92 Å². The Hall–Kier alpha value is -1.38. The predicted octanol–water partition coefficient (Wildman–Crippen LogP) is 4.83. The molecule has 0 fully saturated rings. The van der Waals surface area contributed by atoms with Crippen LogP contribution in [0.5, 0.6) is 0 Å². The van der Waals surface area contributed by atoms with E-state index in [-0.39, 0.29) is 0 Å². The number of rotatable bonds is 5. The van der Waals surface area contributed by atoms with E-state index in [0.717, 1.165) is 40.1 Å². The molecule has 2 aromatic rings. The molecule has 0 bridgehead atoms. The Morgan fingerprint density at radius 1 is 0.789 bits per heavy atom. The van der Waals surface area contributed by atoms with Crippen molar-refractivity contribution in [1.82, 2.24) is 0 Å². The van der Waals surface area contributed by atoms with Gasteiger partial charge in [-0.15, -0.1) is 0 Å². The number of para-hydroxylation sites is 1. The number of benzene rings is 2. The van der Waals surface area contributed by atoms with Crippen LogP contribution in [0.1, 0.15) is 5.56 Å². The molecule has 0 atom stereocenters. The molecule has 19 heavy (non-hydrogen) atoms. The predicted molar refractivity (Wildman–Crippen MR) is 84.6 cm³/mol. The molecule has 0 saturated carbocycles. The fraction of sp³-hybridized carbons (Fsp3) is 0.200. The van der Waals surface area contributed by atoms with Gasteiger partial charge in [0.2, 0.25) is 0 Å². The van der Waals surface area contributed by atoms with E-state index in [4.69, 9.17) is 23.2 Å². The van der Waals surface area contributed by atoms with Gasteiger partial charge in [0, 0.05) is 23.8 Å². The molecular weight excluding hydrogens is 279 g/mol. The summed E-state index contributed by atoms with van der Waals surface area (Å²) in [6.07, 6.45) is 0. The first-order valence-corrected chi connectivity index (χ1v) is 6.91. The van der Waals surface area contributed by atoms with Gasteiger partial charge in [0.1, 0.15) is 0 Å². The molecule has 0 spiro atoms. The Bertz CT molecular complexity index is 556. The summed E-state index contributed by atoms with van der Waals surface area (Å²) in [5.74, 6) is 0. The van der Waals surface area contributed by atoms with Gasteiger partial charge in [-0.1, -0.05) is 41.4 Å².